The average molecular weight is 318 g/mol. The van der Waals surface area contributed by atoms with E-state index in [0.717, 1.165) is 0 Å². The Hall–Kier alpha value is -1.53. The molecule has 0 radical (unpaired) electrons. The molecule has 3 aliphatic rings. The van der Waals surface area contributed by atoms with Crippen molar-refractivity contribution in [3.05, 3.63) is 12.2 Å². The minimum Gasteiger partial charge on any atom is -0.462 e. The van der Waals surface area contributed by atoms with Gasteiger partial charge in [-0.25, -0.2) is 4.79 Å². The lowest BCUT2D eigenvalue weighted by Crippen LogP contribution is -2.51. The number of allylic oxidation sites excluding steroid dienone is 2. The highest BCUT2D eigenvalue weighted by Crippen LogP contribution is 2.60. The number of halogens is 3. The van der Waals surface area contributed by atoms with Crippen molar-refractivity contribution in [1.29, 1.82) is 0 Å². The van der Waals surface area contributed by atoms with E-state index in [1.807, 2.05) is 0 Å². The van der Waals surface area contributed by atoms with Gasteiger partial charge in [-0.05, 0) is 18.8 Å². The van der Waals surface area contributed by atoms with Crippen LogP contribution in [-0.4, -0.2) is 30.8 Å². The molecule has 2 aliphatic carbocycles. The van der Waals surface area contributed by atoms with E-state index in [0.29, 0.717) is 6.42 Å². The SMILES string of the molecule is CC1(C)COC(=O)[C@@H]1OC(=O)[C@@]1(C(F)(F)F)C[C@@H]2C=C[C@H]1C2. The van der Waals surface area contributed by atoms with E-state index in [1.54, 1.807) is 19.9 Å². The van der Waals surface area contributed by atoms with Gasteiger partial charge in [0.2, 0.25) is 6.10 Å². The number of hydrogen-bond acceptors (Lipinski definition) is 4. The van der Waals surface area contributed by atoms with Gasteiger partial charge in [-0.3, -0.25) is 4.79 Å². The minimum atomic E-state index is -4.71. The summed E-state index contributed by atoms with van der Waals surface area (Å²) < 4.78 is 50.8. The normalized spacial score (nSPS) is 39.1. The molecule has 122 valence electrons. The number of esters is 2. The highest BCUT2D eigenvalue weighted by Gasteiger charge is 2.70. The molecule has 1 aliphatic heterocycles. The first-order valence-electron chi connectivity index (χ1n) is 7.21. The van der Waals surface area contributed by atoms with Crippen molar-refractivity contribution >= 4 is 11.9 Å². The smallest absolute Gasteiger partial charge is 0.405 e. The summed E-state index contributed by atoms with van der Waals surface area (Å²) in [4.78, 5) is 24.1. The topological polar surface area (TPSA) is 52.6 Å². The molecule has 22 heavy (non-hydrogen) atoms. The number of ether oxygens (including phenoxy) is 2. The van der Waals surface area contributed by atoms with Gasteiger partial charge in [0.05, 0.1) is 0 Å². The number of carbonyl (C=O) groups excluding carboxylic acids is 2. The van der Waals surface area contributed by atoms with Gasteiger partial charge in [0.25, 0.3) is 0 Å². The Morgan fingerprint density at radius 1 is 1.36 bits per heavy atom. The summed E-state index contributed by atoms with van der Waals surface area (Å²) in [6, 6.07) is 0. The molecule has 2 fully saturated rings. The van der Waals surface area contributed by atoms with Gasteiger partial charge < -0.3 is 9.47 Å². The van der Waals surface area contributed by atoms with Crippen LogP contribution < -0.4 is 0 Å². The van der Waals surface area contributed by atoms with Crippen LogP contribution in [-0.2, 0) is 19.1 Å². The number of cyclic esters (lactones) is 1. The van der Waals surface area contributed by atoms with Crippen LogP contribution in [0, 0.1) is 22.7 Å². The zero-order chi connectivity index (χ0) is 16.3. The maximum Gasteiger partial charge on any atom is 0.405 e. The lowest BCUT2D eigenvalue weighted by molar-refractivity contribution is -0.245. The van der Waals surface area contributed by atoms with Crippen LogP contribution >= 0.6 is 0 Å². The standard InChI is InChI=1S/C15H17F3O4/c1-13(2)7-21-11(19)10(13)22-12(20)14(15(16,17)18)6-8-3-4-9(14)5-8/h3-4,8-10H,5-7H2,1-2H3/t8-,9+,10+,14-/m1/s1. The molecule has 1 saturated carbocycles. The van der Waals surface area contributed by atoms with E-state index in [9.17, 15) is 22.8 Å². The van der Waals surface area contributed by atoms with Crippen LogP contribution in [0.2, 0.25) is 0 Å². The van der Waals surface area contributed by atoms with E-state index in [2.05, 4.69) is 0 Å². The molecule has 0 amide bonds. The summed E-state index contributed by atoms with van der Waals surface area (Å²) in [5.41, 5.74) is -3.36. The fourth-order valence-corrected chi connectivity index (χ4v) is 3.68. The number of alkyl halides is 3. The van der Waals surface area contributed by atoms with Crippen LogP contribution in [0.4, 0.5) is 13.2 Å². The second kappa shape index (κ2) is 4.49. The van der Waals surface area contributed by atoms with Crippen molar-refractivity contribution in [2.24, 2.45) is 22.7 Å². The molecule has 0 aromatic rings. The van der Waals surface area contributed by atoms with Crippen molar-refractivity contribution in [3.8, 4) is 0 Å². The third kappa shape index (κ3) is 1.97. The number of fused-ring (bicyclic) bond motifs is 2. The predicted octanol–water partition coefficient (Wildman–Crippen LogP) is 2.63. The first-order valence-corrected chi connectivity index (χ1v) is 7.21. The van der Waals surface area contributed by atoms with E-state index in [-0.39, 0.29) is 18.9 Å². The number of hydrogen-bond donors (Lipinski definition) is 0. The highest BCUT2D eigenvalue weighted by molar-refractivity contribution is 5.85. The summed E-state index contributed by atoms with van der Waals surface area (Å²) in [6.45, 7) is 3.27. The first-order chi connectivity index (χ1) is 10.1. The van der Waals surface area contributed by atoms with Gasteiger partial charge in [-0.1, -0.05) is 26.0 Å². The summed E-state index contributed by atoms with van der Waals surface area (Å²) in [5, 5.41) is 0. The van der Waals surface area contributed by atoms with Crippen molar-refractivity contribution in [1.82, 2.24) is 0 Å². The van der Waals surface area contributed by atoms with Crippen LogP contribution in [0.25, 0.3) is 0 Å². The average Bonchev–Trinajstić information content (AvgIpc) is 3.07. The second-order valence-corrected chi connectivity index (χ2v) is 7.04. The Labute approximate surface area is 125 Å². The lowest BCUT2D eigenvalue weighted by Gasteiger charge is -2.36. The van der Waals surface area contributed by atoms with E-state index in [1.165, 1.54) is 6.08 Å². The van der Waals surface area contributed by atoms with Crippen LogP contribution in [0.15, 0.2) is 12.2 Å². The maximum atomic E-state index is 13.6. The molecule has 4 nitrogen and oxygen atoms in total. The van der Waals surface area contributed by atoms with Crippen LogP contribution in [0.1, 0.15) is 26.7 Å². The molecular formula is C15H17F3O4. The van der Waals surface area contributed by atoms with Gasteiger partial charge in [0, 0.05) is 11.3 Å². The first kappa shape index (κ1) is 15.4. The third-order valence-electron chi connectivity index (χ3n) is 4.99. The Balaban J connectivity index is 1.89. The monoisotopic (exact) mass is 318 g/mol. The van der Waals surface area contributed by atoms with E-state index in [4.69, 9.17) is 9.47 Å². The summed E-state index contributed by atoms with van der Waals surface area (Å²) in [7, 11) is 0. The minimum absolute atomic E-state index is 0.0226. The largest absolute Gasteiger partial charge is 0.462 e. The quantitative estimate of drug-likeness (QED) is 0.580. The molecular weight excluding hydrogens is 301 g/mol. The molecule has 4 atom stereocenters. The summed E-state index contributed by atoms with van der Waals surface area (Å²) >= 11 is 0. The highest BCUT2D eigenvalue weighted by atomic mass is 19.4. The fourth-order valence-electron chi connectivity index (χ4n) is 3.68. The third-order valence-corrected chi connectivity index (χ3v) is 4.99. The van der Waals surface area contributed by atoms with Crippen LogP contribution in [0.5, 0.6) is 0 Å². The molecule has 1 heterocycles. The molecule has 0 unspecified atom stereocenters. The van der Waals surface area contributed by atoms with Crippen molar-refractivity contribution in [2.45, 2.75) is 39.0 Å². The molecule has 3 rings (SSSR count). The van der Waals surface area contributed by atoms with E-state index >= 15 is 0 Å². The van der Waals surface area contributed by atoms with E-state index < -0.39 is 41.0 Å². The van der Waals surface area contributed by atoms with Gasteiger partial charge in [0.15, 0.2) is 5.41 Å². The lowest BCUT2D eigenvalue weighted by atomic mass is 9.74. The van der Waals surface area contributed by atoms with Gasteiger partial charge in [0.1, 0.15) is 6.61 Å². The maximum absolute atomic E-state index is 13.6. The Kier molecular flexibility index (Phi) is 3.14. The van der Waals surface area contributed by atoms with Crippen molar-refractivity contribution in [2.75, 3.05) is 6.61 Å². The number of rotatable bonds is 2. The molecule has 7 heteroatoms. The molecule has 0 aromatic carbocycles. The Morgan fingerprint density at radius 3 is 2.45 bits per heavy atom. The van der Waals surface area contributed by atoms with Crippen molar-refractivity contribution < 1.29 is 32.2 Å². The second-order valence-electron chi connectivity index (χ2n) is 7.04. The van der Waals surface area contributed by atoms with Crippen molar-refractivity contribution in [3.63, 3.8) is 0 Å². The Morgan fingerprint density at radius 2 is 2.05 bits per heavy atom. The summed E-state index contributed by atoms with van der Waals surface area (Å²) in [6.07, 6.45) is -2.84. The Bertz CT molecular complexity index is 551. The van der Waals surface area contributed by atoms with Crippen LogP contribution in [0.3, 0.4) is 0 Å². The zero-order valence-electron chi connectivity index (χ0n) is 12.3. The molecule has 0 aromatic heterocycles. The predicted molar refractivity (Wildman–Crippen MR) is 68.5 cm³/mol. The van der Waals surface area contributed by atoms with Gasteiger partial charge in [-0.15, -0.1) is 0 Å². The summed E-state index contributed by atoms with van der Waals surface area (Å²) in [5.74, 6) is -3.31. The molecule has 1 saturated heterocycles. The molecule has 0 spiro atoms. The molecule has 2 bridgehead atoms. The van der Waals surface area contributed by atoms with Gasteiger partial charge >= 0.3 is 18.1 Å². The van der Waals surface area contributed by atoms with Gasteiger partial charge in [-0.2, -0.15) is 13.2 Å². The zero-order valence-corrected chi connectivity index (χ0v) is 12.3. The molecule has 0 N–H and O–H groups in total. The number of carbonyl (C=O) groups is 2. The fraction of sp³-hybridized carbons (Fsp3) is 0.733.